The highest BCUT2D eigenvalue weighted by Crippen LogP contribution is 2.15. The minimum Gasteiger partial charge on any atom is -0.465 e. The third-order valence-corrected chi connectivity index (χ3v) is 1.78. The summed E-state index contributed by atoms with van der Waals surface area (Å²) in [6, 6.07) is 0. The lowest BCUT2D eigenvalue weighted by atomic mass is 10.4. The molecular weight excluding hydrogens is 154 g/mol. The van der Waals surface area contributed by atoms with Crippen molar-refractivity contribution in [2.45, 2.75) is 45.4 Å². The van der Waals surface area contributed by atoms with Gasteiger partial charge in [0, 0.05) is 6.54 Å². The topological polar surface area (TPSA) is 49.3 Å². The summed E-state index contributed by atoms with van der Waals surface area (Å²) in [4.78, 5) is 9.65. The van der Waals surface area contributed by atoms with E-state index in [0.29, 0.717) is 6.54 Å². The molecule has 2 N–H and O–H groups in total. The number of rotatable bonds is 2. The molecule has 1 rings (SSSR count). The summed E-state index contributed by atoms with van der Waals surface area (Å²) >= 11 is 0. The Hall–Kier alpha value is -0.730. The van der Waals surface area contributed by atoms with Gasteiger partial charge >= 0.3 is 6.09 Å². The van der Waals surface area contributed by atoms with Gasteiger partial charge in [0.25, 0.3) is 0 Å². The molecular formula is C9H19NO2. The smallest absolute Gasteiger partial charge is 0.404 e. The zero-order chi connectivity index (χ0) is 9.23. The lowest BCUT2D eigenvalue weighted by Crippen LogP contribution is -2.20. The second-order valence-electron chi connectivity index (χ2n) is 3.00. The summed E-state index contributed by atoms with van der Waals surface area (Å²) in [6.07, 6.45) is 7.41. The van der Waals surface area contributed by atoms with Gasteiger partial charge in [-0.15, -0.1) is 0 Å². The molecule has 1 amide bonds. The van der Waals surface area contributed by atoms with Crippen LogP contribution in [-0.4, -0.2) is 17.7 Å². The van der Waals surface area contributed by atoms with E-state index in [0.717, 1.165) is 6.42 Å². The molecule has 0 spiro atoms. The van der Waals surface area contributed by atoms with Crippen LogP contribution < -0.4 is 5.32 Å². The summed E-state index contributed by atoms with van der Waals surface area (Å²) in [5.41, 5.74) is 0. The van der Waals surface area contributed by atoms with Crippen LogP contribution in [0, 0.1) is 0 Å². The standard InChI is InChI=1S/C5H10.C4H9NO2/c1-2-4-5-3-1;1-2-3-5-4(6)7/h1-5H2;5H,2-3H2,1H3,(H,6,7). The van der Waals surface area contributed by atoms with Crippen LogP contribution in [-0.2, 0) is 0 Å². The van der Waals surface area contributed by atoms with Crippen LogP contribution in [0.2, 0.25) is 0 Å². The summed E-state index contributed by atoms with van der Waals surface area (Å²) < 4.78 is 0. The second-order valence-corrected chi connectivity index (χ2v) is 3.00. The molecule has 0 saturated heterocycles. The first kappa shape index (κ1) is 11.3. The highest BCUT2D eigenvalue weighted by atomic mass is 16.4. The van der Waals surface area contributed by atoms with Crippen molar-refractivity contribution in [2.75, 3.05) is 6.54 Å². The van der Waals surface area contributed by atoms with E-state index < -0.39 is 6.09 Å². The number of hydrogen-bond donors (Lipinski definition) is 2. The zero-order valence-corrected chi connectivity index (χ0v) is 7.81. The van der Waals surface area contributed by atoms with Gasteiger partial charge < -0.3 is 10.4 Å². The first-order valence-electron chi connectivity index (χ1n) is 4.74. The summed E-state index contributed by atoms with van der Waals surface area (Å²) in [5.74, 6) is 0. The monoisotopic (exact) mass is 173 g/mol. The molecule has 0 bridgehead atoms. The van der Waals surface area contributed by atoms with Crippen LogP contribution in [0.5, 0.6) is 0 Å². The lowest BCUT2D eigenvalue weighted by molar-refractivity contribution is 0.194. The molecule has 1 aliphatic rings. The van der Waals surface area contributed by atoms with E-state index in [-0.39, 0.29) is 0 Å². The fourth-order valence-corrected chi connectivity index (χ4v) is 1.12. The predicted molar refractivity (Wildman–Crippen MR) is 49.4 cm³/mol. The highest BCUT2D eigenvalue weighted by molar-refractivity contribution is 5.64. The quantitative estimate of drug-likeness (QED) is 0.674. The average Bonchev–Trinajstić information content (AvgIpc) is 2.57. The molecule has 1 aliphatic carbocycles. The summed E-state index contributed by atoms with van der Waals surface area (Å²) in [5, 5.41) is 10.1. The first-order chi connectivity index (χ1) is 5.77. The van der Waals surface area contributed by atoms with Gasteiger partial charge in [0.1, 0.15) is 0 Å². The minimum atomic E-state index is -0.943. The zero-order valence-electron chi connectivity index (χ0n) is 7.81. The Morgan fingerprint density at radius 2 is 1.67 bits per heavy atom. The SMILES string of the molecule is C1CCCC1.CCCNC(=O)O. The molecule has 0 aromatic rings. The van der Waals surface area contributed by atoms with Gasteiger partial charge in [-0.05, 0) is 6.42 Å². The minimum absolute atomic E-state index is 0.551. The maximum atomic E-state index is 9.65. The van der Waals surface area contributed by atoms with E-state index in [9.17, 15) is 4.79 Å². The third kappa shape index (κ3) is 9.27. The molecule has 0 unspecified atom stereocenters. The maximum Gasteiger partial charge on any atom is 0.404 e. The van der Waals surface area contributed by atoms with Gasteiger partial charge in [0.05, 0.1) is 0 Å². The van der Waals surface area contributed by atoms with E-state index in [1.54, 1.807) is 0 Å². The molecule has 1 fully saturated rings. The fraction of sp³-hybridized carbons (Fsp3) is 0.889. The molecule has 3 nitrogen and oxygen atoms in total. The number of carbonyl (C=O) groups is 1. The Balaban J connectivity index is 0.000000211. The van der Waals surface area contributed by atoms with Crippen LogP contribution in [0.15, 0.2) is 0 Å². The van der Waals surface area contributed by atoms with Crippen molar-refractivity contribution in [2.24, 2.45) is 0 Å². The van der Waals surface area contributed by atoms with Crippen molar-refractivity contribution in [1.82, 2.24) is 5.32 Å². The van der Waals surface area contributed by atoms with E-state index in [4.69, 9.17) is 5.11 Å². The molecule has 72 valence electrons. The van der Waals surface area contributed by atoms with E-state index in [1.807, 2.05) is 6.92 Å². The second kappa shape index (κ2) is 8.37. The molecule has 0 heterocycles. The highest BCUT2D eigenvalue weighted by Gasteiger charge is 1.95. The molecule has 0 atom stereocenters. The van der Waals surface area contributed by atoms with Crippen molar-refractivity contribution < 1.29 is 9.90 Å². The molecule has 0 aliphatic heterocycles. The van der Waals surface area contributed by atoms with Crippen molar-refractivity contribution in [3.8, 4) is 0 Å². The summed E-state index contributed by atoms with van der Waals surface area (Å²) in [7, 11) is 0. The molecule has 3 heteroatoms. The summed E-state index contributed by atoms with van der Waals surface area (Å²) in [6.45, 7) is 2.46. The van der Waals surface area contributed by atoms with Gasteiger partial charge in [0.15, 0.2) is 0 Å². The lowest BCUT2D eigenvalue weighted by Gasteiger charge is -1.91. The molecule has 0 radical (unpaired) electrons. The Kier molecular flexibility index (Phi) is 7.86. The molecule has 0 aromatic heterocycles. The van der Waals surface area contributed by atoms with Crippen LogP contribution in [0.1, 0.15) is 45.4 Å². The molecule has 12 heavy (non-hydrogen) atoms. The van der Waals surface area contributed by atoms with Gasteiger partial charge in [-0.25, -0.2) is 4.79 Å². The van der Waals surface area contributed by atoms with Crippen LogP contribution in [0.25, 0.3) is 0 Å². The van der Waals surface area contributed by atoms with Gasteiger partial charge in [-0.3, -0.25) is 0 Å². The van der Waals surface area contributed by atoms with Crippen molar-refractivity contribution in [1.29, 1.82) is 0 Å². The number of amides is 1. The van der Waals surface area contributed by atoms with Crippen LogP contribution in [0.3, 0.4) is 0 Å². The average molecular weight is 173 g/mol. The molecule has 1 saturated carbocycles. The maximum absolute atomic E-state index is 9.65. The van der Waals surface area contributed by atoms with Crippen LogP contribution >= 0.6 is 0 Å². The Labute approximate surface area is 74.2 Å². The van der Waals surface area contributed by atoms with Crippen molar-refractivity contribution in [3.05, 3.63) is 0 Å². The Morgan fingerprint density at radius 1 is 1.25 bits per heavy atom. The fourth-order valence-electron chi connectivity index (χ4n) is 1.12. The van der Waals surface area contributed by atoms with Gasteiger partial charge in [0.2, 0.25) is 0 Å². The van der Waals surface area contributed by atoms with Crippen molar-refractivity contribution >= 4 is 6.09 Å². The van der Waals surface area contributed by atoms with Gasteiger partial charge in [-0.1, -0.05) is 39.0 Å². The largest absolute Gasteiger partial charge is 0.465 e. The number of nitrogens with one attached hydrogen (secondary N) is 1. The third-order valence-electron chi connectivity index (χ3n) is 1.78. The van der Waals surface area contributed by atoms with Crippen LogP contribution in [0.4, 0.5) is 4.79 Å². The van der Waals surface area contributed by atoms with Gasteiger partial charge in [-0.2, -0.15) is 0 Å². The van der Waals surface area contributed by atoms with E-state index >= 15 is 0 Å². The molecule has 0 aromatic carbocycles. The Morgan fingerprint density at radius 3 is 1.83 bits per heavy atom. The van der Waals surface area contributed by atoms with Crippen molar-refractivity contribution in [3.63, 3.8) is 0 Å². The predicted octanol–water partition coefficient (Wildman–Crippen LogP) is 2.61. The van der Waals surface area contributed by atoms with E-state index in [2.05, 4.69) is 5.32 Å². The number of hydrogen-bond acceptors (Lipinski definition) is 1. The number of carboxylic acid groups (broad SMARTS) is 1. The van der Waals surface area contributed by atoms with E-state index in [1.165, 1.54) is 32.1 Å². The normalized spacial score (nSPS) is 14.8. The first-order valence-corrected chi connectivity index (χ1v) is 4.74. The Bertz CT molecular complexity index is 103.